The van der Waals surface area contributed by atoms with Gasteiger partial charge in [0.2, 0.25) is 5.91 Å². The van der Waals surface area contributed by atoms with Crippen LogP contribution in [0.4, 0.5) is 0 Å². The summed E-state index contributed by atoms with van der Waals surface area (Å²) in [6, 6.07) is 14.7. The number of methoxy groups -OCH3 is 1. The van der Waals surface area contributed by atoms with Gasteiger partial charge >= 0.3 is 0 Å². The Morgan fingerprint density at radius 3 is 2.50 bits per heavy atom. The third-order valence-corrected chi connectivity index (χ3v) is 3.69. The summed E-state index contributed by atoms with van der Waals surface area (Å²) in [4.78, 5) is 24.0. The number of aryl methyl sites for hydroxylation is 1. The predicted molar refractivity (Wildman–Crippen MR) is 101 cm³/mol. The molecule has 0 saturated carbocycles. The van der Waals surface area contributed by atoms with E-state index in [-0.39, 0.29) is 18.2 Å². The molecule has 0 radical (unpaired) electrons. The minimum Gasteiger partial charge on any atom is -0.497 e. The first-order chi connectivity index (χ1) is 12.5. The lowest BCUT2D eigenvalue weighted by Crippen LogP contribution is -2.26. The molecular weight excluding hydrogens is 330 g/mol. The Labute approximate surface area is 153 Å². The molecule has 0 aromatic heterocycles. The van der Waals surface area contributed by atoms with Gasteiger partial charge in [-0.2, -0.15) is 5.10 Å². The van der Waals surface area contributed by atoms with Gasteiger partial charge in [0.05, 0.1) is 13.5 Å². The lowest BCUT2D eigenvalue weighted by atomic mass is 10.1. The number of nitrogens with one attached hydrogen (secondary N) is 2. The number of hydrogen-bond donors (Lipinski definition) is 2. The largest absolute Gasteiger partial charge is 0.497 e. The molecule has 0 saturated heterocycles. The number of nitrogens with zero attached hydrogens (tertiary/aromatic N) is 1. The molecule has 6 nitrogen and oxygen atoms in total. The van der Waals surface area contributed by atoms with Crippen molar-refractivity contribution < 1.29 is 14.3 Å². The molecule has 2 N–H and O–H groups in total. The lowest BCUT2D eigenvalue weighted by molar-refractivity contribution is -0.120. The molecule has 2 rings (SSSR count). The Hall–Kier alpha value is -3.15. The summed E-state index contributed by atoms with van der Waals surface area (Å²) in [5.41, 5.74) is 5.50. The van der Waals surface area contributed by atoms with Crippen molar-refractivity contribution in [2.45, 2.75) is 26.8 Å². The third kappa shape index (κ3) is 6.05. The van der Waals surface area contributed by atoms with Crippen LogP contribution in [0.25, 0.3) is 0 Å². The van der Waals surface area contributed by atoms with Crippen LogP contribution in [0.15, 0.2) is 53.6 Å². The van der Waals surface area contributed by atoms with E-state index in [1.54, 1.807) is 26.2 Å². The molecule has 0 aliphatic rings. The SMILES string of the molecule is COc1ccc(CNC(=O)C/C(C)=N/NC(=O)c2cccc(C)c2)cc1. The Bertz CT molecular complexity index is 798. The monoisotopic (exact) mass is 353 g/mol. The number of benzene rings is 2. The fourth-order valence-electron chi connectivity index (χ4n) is 2.28. The molecule has 0 aliphatic carbocycles. The molecule has 2 aromatic carbocycles. The van der Waals surface area contributed by atoms with E-state index in [9.17, 15) is 9.59 Å². The minimum absolute atomic E-state index is 0.115. The second kappa shape index (κ2) is 9.36. The first-order valence-electron chi connectivity index (χ1n) is 8.27. The van der Waals surface area contributed by atoms with Crippen LogP contribution in [0.1, 0.15) is 34.8 Å². The Balaban J connectivity index is 1.80. The molecule has 0 heterocycles. The van der Waals surface area contributed by atoms with Gasteiger partial charge in [-0.15, -0.1) is 0 Å². The van der Waals surface area contributed by atoms with Gasteiger partial charge in [-0.1, -0.05) is 29.8 Å². The van der Waals surface area contributed by atoms with E-state index in [4.69, 9.17) is 4.74 Å². The second-order valence-corrected chi connectivity index (χ2v) is 5.96. The van der Waals surface area contributed by atoms with Gasteiger partial charge in [-0.05, 0) is 43.7 Å². The van der Waals surface area contributed by atoms with Crippen LogP contribution in [0.5, 0.6) is 5.75 Å². The number of ether oxygens (including phenoxy) is 1. The molecule has 0 unspecified atom stereocenters. The standard InChI is InChI=1S/C20H23N3O3/c1-14-5-4-6-17(11-14)20(25)23-22-15(2)12-19(24)21-13-16-7-9-18(26-3)10-8-16/h4-11H,12-13H2,1-3H3,(H,21,24)(H,23,25)/b22-15+. The molecule has 6 heteroatoms. The van der Waals surface area contributed by atoms with E-state index in [2.05, 4.69) is 15.8 Å². The average molecular weight is 353 g/mol. The normalized spacial score (nSPS) is 11.0. The van der Waals surface area contributed by atoms with Gasteiger partial charge in [0.15, 0.2) is 0 Å². The molecule has 0 fully saturated rings. The van der Waals surface area contributed by atoms with Crippen molar-refractivity contribution in [3.8, 4) is 5.75 Å². The molecule has 2 aromatic rings. The molecule has 2 amide bonds. The number of hydrogen-bond acceptors (Lipinski definition) is 4. The molecule has 0 atom stereocenters. The number of carbonyl (C=O) groups excluding carboxylic acids is 2. The molecule has 0 bridgehead atoms. The highest BCUT2D eigenvalue weighted by Gasteiger charge is 2.07. The number of rotatable bonds is 7. The number of hydrazone groups is 1. The van der Waals surface area contributed by atoms with Crippen molar-refractivity contribution in [3.63, 3.8) is 0 Å². The summed E-state index contributed by atoms with van der Waals surface area (Å²) < 4.78 is 5.09. The number of carbonyl (C=O) groups is 2. The molecule has 26 heavy (non-hydrogen) atoms. The minimum atomic E-state index is -0.299. The number of amides is 2. The first-order valence-corrected chi connectivity index (χ1v) is 8.27. The van der Waals surface area contributed by atoms with E-state index >= 15 is 0 Å². The Morgan fingerprint density at radius 2 is 1.85 bits per heavy atom. The average Bonchev–Trinajstić information content (AvgIpc) is 2.65. The van der Waals surface area contributed by atoms with Crippen LogP contribution in [-0.2, 0) is 11.3 Å². The zero-order valence-electron chi connectivity index (χ0n) is 15.2. The Morgan fingerprint density at radius 1 is 1.12 bits per heavy atom. The summed E-state index contributed by atoms with van der Waals surface area (Å²) in [5, 5.41) is 6.81. The highest BCUT2D eigenvalue weighted by Crippen LogP contribution is 2.11. The summed E-state index contributed by atoms with van der Waals surface area (Å²) in [5.74, 6) is 0.311. The quantitative estimate of drug-likeness (QED) is 0.593. The van der Waals surface area contributed by atoms with E-state index in [1.165, 1.54) is 0 Å². The fraction of sp³-hybridized carbons (Fsp3) is 0.250. The summed E-state index contributed by atoms with van der Waals surface area (Å²) in [6.45, 7) is 4.04. The van der Waals surface area contributed by atoms with Crippen LogP contribution in [-0.4, -0.2) is 24.6 Å². The van der Waals surface area contributed by atoms with E-state index in [1.807, 2.05) is 43.3 Å². The fourth-order valence-corrected chi connectivity index (χ4v) is 2.28. The maximum Gasteiger partial charge on any atom is 0.271 e. The molecule has 136 valence electrons. The summed E-state index contributed by atoms with van der Waals surface area (Å²) in [7, 11) is 1.61. The smallest absolute Gasteiger partial charge is 0.271 e. The van der Waals surface area contributed by atoms with Crippen molar-refractivity contribution in [3.05, 3.63) is 65.2 Å². The maximum absolute atomic E-state index is 12.0. The van der Waals surface area contributed by atoms with E-state index < -0.39 is 0 Å². The van der Waals surface area contributed by atoms with Crippen LogP contribution in [0, 0.1) is 6.92 Å². The molecule has 0 aliphatic heterocycles. The molecular formula is C20H23N3O3. The highest BCUT2D eigenvalue weighted by atomic mass is 16.5. The van der Waals surface area contributed by atoms with Gasteiger partial charge in [0.1, 0.15) is 5.75 Å². The van der Waals surface area contributed by atoms with Crippen molar-refractivity contribution >= 4 is 17.5 Å². The zero-order chi connectivity index (χ0) is 18.9. The third-order valence-electron chi connectivity index (χ3n) is 3.69. The van der Waals surface area contributed by atoms with Crippen molar-refractivity contribution in [1.29, 1.82) is 0 Å². The first kappa shape index (κ1) is 19.2. The van der Waals surface area contributed by atoms with Crippen LogP contribution >= 0.6 is 0 Å². The maximum atomic E-state index is 12.0. The second-order valence-electron chi connectivity index (χ2n) is 5.96. The van der Waals surface area contributed by atoms with E-state index in [0.29, 0.717) is 17.8 Å². The highest BCUT2D eigenvalue weighted by molar-refractivity contribution is 6.01. The van der Waals surface area contributed by atoms with E-state index in [0.717, 1.165) is 16.9 Å². The zero-order valence-corrected chi connectivity index (χ0v) is 15.2. The van der Waals surface area contributed by atoms with Gasteiger partial charge in [-0.25, -0.2) is 5.43 Å². The van der Waals surface area contributed by atoms with Crippen LogP contribution in [0.2, 0.25) is 0 Å². The predicted octanol–water partition coefficient (Wildman–Crippen LogP) is 2.82. The van der Waals surface area contributed by atoms with Gasteiger partial charge in [0, 0.05) is 17.8 Å². The summed E-state index contributed by atoms with van der Waals surface area (Å²) in [6.07, 6.45) is 0.115. The van der Waals surface area contributed by atoms with Crippen molar-refractivity contribution in [2.75, 3.05) is 7.11 Å². The van der Waals surface area contributed by atoms with Crippen LogP contribution in [0.3, 0.4) is 0 Å². The molecule has 0 spiro atoms. The Kier molecular flexibility index (Phi) is 6.91. The van der Waals surface area contributed by atoms with Gasteiger partial charge < -0.3 is 10.1 Å². The topological polar surface area (TPSA) is 79.8 Å². The van der Waals surface area contributed by atoms with Crippen molar-refractivity contribution in [1.82, 2.24) is 10.7 Å². The van der Waals surface area contributed by atoms with Gasteiger partial charge in [-0.3, -0.25) is 9.59 Å². The van der Waals surface area contributed by atoms with Crippen LogP contribution < -0.4 is 15.5 Å². The van der Waals surface area contributed by atoms with Crippen molar-refractivity contribution in [2.24, 2.45) is 5.10 Å². The summed E-state index contributed by atoms with van der Waals surface area (Å²) >= 11 is 0. The lowest BCUT2D eigenvalue weighted by Gasteiger charge is -2.07. The van der Waals surface area contributed by atoms with Gasteiger partial charge in [0.25, 0.3) is 5.91 Å².